The Morgan fingerprint density at radius 1 is 1.10 bits per heavy atom. The van der Waals surface area contributed by atoms with Gasteiger partial charge in [0.1, 0.15) is 11.5 Å². The number of nitrogens with one attached hydrogen (secondary N) is 1. The molecule has 1 N–H and O–H groups in total. The summed E-state index contributed by atoms with van der Waals surface area (Å²) in [4.78, 5) is 0. The van der Waals surface area contributed by atoms with E-state index < -0.39 is 0 Å². The molecular formula is C18H22ClNO. The number of aryl methyl sites for hydroxylation is 2. The Bertz CT molecular complexity index is 623. The third-order valence-corrected chi connectivity index (χ3v) is 3.67. The van der Waals surface area contributed by atoms with E-state index in [9.17, 15) is 0 Å². The quantitative estimate of drug-likeness (QED) is 0.815. The summed E-state index contributed by atoms with van der Waals surface area (Å²) in [5, 5.41) is 4.12. The van der Waals surface area contributed by atoms with Crippen molar-refractivity contribution < 1.29 is 4.74 Å². The molecule has 3 heteroatoms. The van der Waals surface area contributed by atoms with Crippen LogP contribution in [0.4, 0.5) is 0 Å². The molecule has 0 fully saturated rings. The maximum atomic E-state index is 6.32. The second kappa shape index (κ2) is 6.97. The molecule has 0 aromatic heterocycles. The van der Waals surface area contributed by atoms with Gasteiger partial charge in [-0.15, -0.1) is 0 Å². The number of benzene rings is 2. The SMILES string of the molecule is Cc1ccc(Oc2cccc(Cl)c2CNC(C)C)c(C)c1. The molecule has 2 rings (SSSR count). The second-order valence-electron chi connectivity index (χ2n) is 5.62. The molecule has 0 saturated carbocycles. The van der Waals surface area contributed by atoms with Crippen molar-refractivity contribution >= 4 is 11.6 Å². The Hall–Kier alpha value is -1.51. The van der Waals surface area contributed by atoms with Crippen molar-refractivity contribution in [3.63, 3.8) is 0 Å². The van der Waals surface area contributed by atoms with Crippen LogP contribution in [0.1, 0.15) is 30.5 Å². The highest BCUT2D eigenvalue weighted by molar-refractivity contribution is 6.31. The van der Waals surface area contributed by atoms with Gasteiger partial charge in [-0.1, -0.05) is 49.2 Å². The summed E-state index contributed by atoms with van der Waals surface area (Å²) in [6.45, 7) is 9.05. The first-order chi connectivity index (χ1) is 9.97. The minimum absolute atomic E-state index is 0.398. The minimum Gasteiger partial charge on any atom is -0.457 e. The average molecular weight is 304 g/mol. The van der Waals surface area contributed by atoms with Crippen LogP contribution < -0.4 is 10.1 Å². The summed E-state index contributed by atoms with van der Waals surface area (Å²) in [5.74, 6) is 1.68. The van der Waals surface area contributed by atoms with Gasteiger partial charge in [-0.3, -0.25) is 0 Å². The van der Waals surface area contributed by atoms with Gasteiger partial charge in [-0.2, -0.15) is 0 Å². The molecule has 21 heavy (non-hydrogen) atoms. The normalized spacial score (nSPS) is 11.0. The molecule has 2 aromatic rings. The van der Waals surface area contributed by atoms with E-state index in [1.165, 1.54) is 5.56 Å². The zero-order chi connectivity index (χ0) is 15.4. The Balaban J connectivity index is 2.28. The molecule has 2 aromatic carbocycles. The highest BCUT2D eigenvalue weighted by atomic mass is 35.5. The predicted octanol–water partition coefficient (Wildman–Crippen LogP) is 5.25. The van der Waals surface area contributed by atoms with Gasteiger partial charge in [-0.25, -0.2) is 0 Å². The topological polar surface area (TPSA) is 21.3 Å². The van der Waals surface area contributed by atoms with Crippen LogP contribution in [0.25, 0.3) is 0 Å². The molecule has 0 atom stereocenters. The van der Waals surface area contributed by atoms with Crippen molar-refractivity contribution in [2.75, 3.05) is 0 Å². The molecule has 0 spiro atoms. The van der Waals surface area contributed by atoms with Crippen molar-refractivity contribution in [3.05, 3.63) is 58.1 Å². The fourth-order valence-corrected chi connectivity index (χ4v) is 2.38. The van der Waals surface area contributed by atoms with Crippen molar-refractivity contribution in [1.82, 2.24) is 5.32 Å². The van der Waals surface area contributed by atoms with E-state index in [2.05, 4.69) is 45.1 Å². The summed E-state index contributed by atoms with van der Waals surface area (Å²) < 4.78 is 6.08. The first kappa shape index (κ1) is 15.9. The Kier molecular flexibility index (Phi) is 5.27. The highest BCUT2D eigenvalue weighted by Gasteiger charge is 2.11. The van der Waals surface area contributed by atoms with Gasteiger partial charge in [-0.05, 0) is 37.6 Å². The molecule has 0 radical (unpaired) electrons. The van der Waals surface area contributed by atoms with Gasteiger partial charge < -0.3 is 10.1 Å². The molecule has 0 unspecified atom stereocenters. The molecule has 112 valence electrons. The van der Waals surface area contributed by atoms with Crippen LogP contribution in [0.15, 0.2) is 36.4 Å². The summed E-state index contributed by atoms with van der Waals surface area (Å²) in [6.07, 6.45) is 0. The first-order valence-electron chi connectivity index (χ1n) is 7.23. The number of hydrogen-bond donors (Lipinski definition) is 1. The standard InChI is InChI=1S/C18H22ClNO/c1-12(2)20-11-15-16(19)6-5-7-18(15)21-17-9-8-13(3)10-14(17)4/h5-10,12,20H,11H2,1-4H3. The van der Waals surface area contributed by atoms with Crippen LogP contribution in [0.2, 0.25) is 5.02 Å². The lowest BCUT2D eigenvalue weighted by Crippen LogP contribution is -2.22. The van der Waals surface area contributed by atoms with Crippen LogP contribution >= 0.6 is 11.6 Å². The van der Waals surface area contributed by atoms with E-state index in [-0.39, 0.29) is 0 Å². The first-order valence-corrected chi connectivity index (χ1v) is 7.61. The highest BCUT2D eigenvalue weighted by Crippen LogP contribution is 2.32. The predicted molar refractivity (Wildman–Crippen MR) is 89.4 cm³/mol. The molecule has 0 amide bonds. The van der Waals surface area contributed by atoms with Crippen molar-refractivity contribution in [2.24, 2.45) is 0 Å². The molecule has 0 saturated heterocycles. The van der Waals surface area contributed by atoms with E-state index in [1.807, 2.05) is 24.3 Å². The van der Waals surface area contributed by atoms with Gasteiger partial charge in [0.25, 0.3) is 0 Å². The molecule has 0 aliphatic carbocycles. The minimum atomic E-state index is 0.398. The maximum absolute atomic E-state index is 6.32. The smallest absolute Gasteiger partial charge is 0.133 e. The average Bonchev–Trinajstić information content (AvgIpc) is 2.41. The summed E-state index contributed by atoms with van der Waals surface area (Å²) in [6, 6.07) is 12.3. The van der Waals surface area contributed by atoms with Crippen LogP contribution in [-0.2, 0) is 6.54 Å². The lowest BCUT2D eigenvalue weighted by Gasteiger charge is -2.16. The lowest BCUT2D eigenvalue weighted by molar-refractivity contribution is 0.466. The molecule has 2 nitrogen and oxygen atoms in total. The summed E-state index contributed by atoms with van der Waals surface area (Å²) >= 11 is 6.32. The molecule has 0 aliphatic rings. The van der Waals surface area contributed by atoms with E-state index in [0.717, 1.165) is 27.6 Å². The van der Waals surface area contributed by atoms with Gasteiger partial charge >= 0.3 is 0 Å². The number of ether oxygens (including phenoxy) is 1. The fraction of sp³-hybridized carbons (Fsp3) is 0.333. The number of rotatable bonds is 5. The van der Waals surface area contributed by atoms with E-state index >= 15 is 0 Å². The third-order valence-electron chi connectivity index (χ3n) is 3.31. The van der Waals surface area contributed by atoms with Gasteiger partial charge in [0.05, 0.1) is 0 Å². The second-order valence-corrected chi connectivity index (χ2v) is 6.03. The lowest BCUT2D eigenvalue weighted by atomic mass is 10.1. The van der Waals surface area contributed by atoms with Gasteiger partial charge in [0.15, 0.2) is 0 Å². The third kappa shape index (κ3) is 4.23. The molecule has 0 bridgehead atoms. The zero-order valence-corrected chi connectivity index (χ0v) is 13.8. The maximum Gasteiger partial charge on any atom is 0.133 e. The zero-order valence-electron chi connectivity index (χ0n) is 13.0. The Morgan fingerprint density at radius 2 is 1.86 bits per heavy atom. The molecule has 0 aliphatic heterocycles. The summed E-state index contributed by atoms with van der Waals surface area (Å²) in [5.41, 5.74) is 3.35. The van der Waals surface area contributed by atoms with Crippen molar-refractivity contribution in [3.8, 4) is 11.5 Å². The monoisotopic (exact) mass is 303 g/mol. The van der Waals surface area contributed by atoms with E-state index in [0.29, 0.717) is 12.6 Å². The van der Waals surface area contributed by atoms with Crippen molar-refractivity contribution in [1.29, 1.82) is 0 Å². The van der Waals surface area contributed by atoms with Crippen LogP contribution in [0, 0.1) is 13.8 Å². The Morgan fingerprint density at radius 3 is 2.52 bits per heavy atom. The van der Waals surface area contributed by atoms with E-state index in [1.54, 1.807) is 0 Å². The molecule has 0 heterocycles. The number of halogens is 1. The van der Waals surface area contributed by atoms with Crippen LogP contribution in [-0.4, -0.2) is 6.04 Å². The van der Waals surface area contributed by atoms with Crippen molar-refractivity contribution in [2.45, 2.75) is 40.3 Å². The molecular weight excluding hydrogens is 282 g/mol. The van der Waals surface area contributed by atoms with Crippen LogP contribution in [0.5, 0.6) is 11.5 Å². The fourth-order valence-electron chi connectivity index (χ4n) is 2.14. The van der Waals surface area contributed by atoms with Gasteiger partial charge in [0.2, 0.25) is 0 Å². The Labute approximate surface area is 132 Å². The van der Waals surface area contributed by atoms with Crippen LogP contribution in [0.3, 0.4) is 0 Å². The number of hydrogen-bond acceptors (Lipinski definition) is 2. The largest absolute Gasteiger partial charge is 0.457 e. The summed E-state index contributed by atoms with van der Waals surface area (Å²) in [7, 11) is 0. The van der Waals surface area contributed by atoms with Gasteiger partial charge in [0, 0.05) is 23.2 Å². The van der Waals surface area contributed by atoms with E-state index in [4.69, 9.17) is 16.3 Å².